The van der Waals surface area contributed by atoms with Crippen molar-refractivity contribution in [3.8, 4) is 0 Å². The van der Waals surface area contributed by atoms with Crippen LogP contribution in [0, 0.1) is 47.3 Å². The summed E-state index contributed by atoms with van der Waals surface area (Å²) in [4.78, 5) is 0. The van der Waals surface area contributed by atoms with E-state index in [1.807, 2.05) is 0 Å². The smallest absolute Gasteiger partial charge is 0.0165 e. The van der Waals surface area contributed by atoms with Crippen molar-refractivity contribution in [1.82, 2.24) is 0 Å². The normalized spacial score (nSPS) is 89.6. The zero-order valence-electron chi connectivity index (χ0n) is 5.77. The van der Waals surface area contributed by atoms with Gasteiger partial charge < -0.3 is 0 Å². The van der Waals surface area contributed by atoms with Crippen LogP contribution in [0.4, 0.5) is 0 Å². The van der Waals surface area contributed by atoms with Crippen LogP contribution in [0.15, 0.2) is 12.2 Å². The molecule has 0 radical (unpaired) electrons. The van der Waals surface area contributed by atoms with E-state index < -0.39 is 0 Å². The maximum absolute atomic E-state index is 2.54. The predicted molar refractivity (Wildman–Crippen MR) is 37.1 cm³/mol. The molecule has 0 amide bonds. The largest absolute Gasteiger partial charge is 0.0845 e. The molecule has 4 saturated carbocycles. The summed E-state index contributed by atoms with van der Waals surface area (Å²) in [5, 5.41) is 0. The van der Waals surface area contributed by atoms with Crippen molar-refractivity contribution in [1.29, 1.82) is 0 Å². The summed E-state index contributed by atoms with van der Waals surface area (Å²) in [5.74, 6) is 9.59. The highest BCUT2D eigenvalue weighted by molar-refractivity contribution is 5.40. The minimum absolute atomic E-state index is 1.09. The average Bonchev–Trinajstić information content (AvgIpc) is 1.85. The van der Waals surface area contributed by atoms with Crippen molar-refractivity contribution < 1.29 is 0 Å². The number of hydrogen-bond acceptors (Lipinski definition) is 0. The summed E-state index contributed by atoms with van der Waals surface area (Å²) < 4.78 is 0. The lowest BCUT2D eigenvalue weighted by atomic mass is 9.13. The molecule has 6 aliphatic rings. The molecule has 0 heterocycles. The molecule has 0 aliphatic heterocycles. The van der Waals surface area contributed by atoms with Crippen molar-refractivity contribution in [2.24, 2.45) is 47.3 Å². The van der Waals surface area contributed by atoms with E-state index in [0.717, 1.165) is 11.8 Å². The van der Waals surface area contributed by atoms with Crippen LogP contribution in [0.25, 0.3) is 0 Å². The van der Waals surface area contributed by atoms with E-state index in [1.165, 1.54) is 35.5 Å². The molecule has 10 heavy (non-hydrogen) atoms. The van der Waals surface area contributed by atoms with Crippen molar-refractivity contribution >= 4 is 0 Å². The lowest BCUT2D eigenvalue weighted by Gasteiger charge is -2.91. The molecule has 0 heteroatoms. The molecule has 0 aromatic heterocycles. The molecule has 0 unspecified atom stereocenters. The van der Waals surface area contributed by atoms with Gasteiger partial charge in [-0.05, 0) is 47.3 Å². The van der Waals surface area contributed by atoms with Gasteiger partial charge in [-0.2, -0.15) is 0 Å². The SMILES string of the molecule is C1=CC2C3C4C1C1C2C3C41. The fourth-order valence-corrected chi connectivity index (χ4v) is 5.32. The van der Waals surface area contributed by atoms with Gasteiger partial charge in [0.05, 0.1) is 0 Å². The first-order valence-electron chi connectivity index (χ1n) is 4.67. The lowest BCUT2D eigenvalue weighted by Crippen LogP contribution is -2.88. The topological polar surface area (TPSA) is 0 Å². The summed E-state index contributed by atoms with van der Waals surface area (Å²) in [6, 6.07) is 0. The van der Waals surface area contributed by atoms with Gasteiger partial charge in [0.1, 0.15) is 0 Å². The average molecular weight is 130 g/mol. The first kappa shape index (κ1) is 3.94. The standard InChI is InChI=1S/C10H10/c1-2-4-7-5-3(1)6-8(4)10(7)9(5)6/h1-10H. The Hall–Kier alpha value is -0.260. The van der Waals surface area contributed by atoms with Gasteiger partial charge in [0.25, 0.3) is 0 Å². The van der Waals surface area contributed by atoms with E-state index >= 15 is 0 Å². The quantitative estimate of drug-likeness (QED) is 0.436. The summed E-state index contributed by atoms with van der Waals surface area (Å²) >= 11 is 0. The van der Waals surface area contributed by atoms with E-state index in [2.05, 4.69) is 12.2 Å². The first-order chi connectivity index (χ1) is 4.98. The molecule has 6 aliphatic carbocycles. The van der Waals surface area contributed by atoms with Gasteiger partial charge in [-0.25, -0.2) is 0 Å². The Morgan fingerprint density at radius 2 is 0.900 bits per heavy atom. The summed E-state index contributed by atoms with van der Waals surface area (Å²) in [7, 11) is 0. The van der Waals surface area contributed by atoms with Crippen LogP contribution < -0.4 is 0 Å². The van der Waals surface area contributed by atoms with Crippen LogP contribution in [-0.4, -0.2) is 0 Å². The molecule has 2 bridgehead atoms. The van der Waals surface area contributed by atoms with E-state index in [-0.39, 0.29) is 0 Å². The Morgan fingerprint density at radius 1 is 0.500 bits per heavy atom. The summed E-state index contributed by atoms with van der Waals surface area (Å²) in [6.45, 7) is 0. The van der Waals surface area contributed by atoms with E-state index in [9.17, 15) is 0 Å². The van der Waals surface area contributed by atoms with Crippen molar-refractivity contribution in [3.05, 3.63) is 12.2 Å². The zero-order valence-corrected chi connectivity index (χ0v) is 5.77. The highest BCUT2D eigenvalue weighted by Crippen LogP contribution is 2.90. The van der Waals surface area contributed by atoms with Crippen molar-refractivity contribution in [3.63, 3.8) is 0 Å². The maximum Gasteiger partial charge on any atom is -0.0165 e. The number of rotatable bonds is 0. The highest BCUT2D eigenvalue weighted by atomic mass is 14.9. The monoisotopic (exact) mass is 130 g/mol. The molecule has 4 fully saturated rings. The molecule has 0 aromatic carbocycles. The van der Waals surface area contributed by atoms with E-state index in [1.54, 1.807) is 0 Å². The molecule has 50 valence electrons. The Balaban J connectivity index is 1.91. The Labute approximate surface area is 60.3 Å². The minimum atomic E-state index is 1.09. The van der Waals surface area contributed by atoms with Gasteiger partial charge in [0.2, 0.25) is 0 Å². The maximum atomic E-state index is 2.54. The molecular formula is C10H10. The summed E-state index contributed by atoms with van der Waals surface area (Å²) in [5.41, 5.74) is 0. The number of allylic oxidation sites excluding steroid dienone is 2. The predicted octanol–water partition coefficient (Wildman–Crippen LogP) is 1.54. The van der Waals surface area contributed by atoms with Gasteiger partial charge in [-0.1, -0.05) is 12.2 Å². The molecule has 0 N–H and O–H groups in total. The minimum Gasteiger partial charge on any atom is -0.0845 e. The van der Waals surface area contributed by atoms with Gasteiger partial charge >= 0.3 is 0 Å². The molecule has 0 aromatic rings. The lowest BCUT2D eigenvalue weighted by molar-refractivity contribution is -0.425. The fourth-order valence-electron chi connectivity index (χ4n) is 5.32. The first-order valence-corrected chi connectivity index (χ1v) is 4.67. The number of hydrogen-bond donors (Lipinski definition) is 0. The van der Waals surface area contributed by atoms with Crippen LogP contribution >= 0.6 is 0 Å². The Morgan fingerprint density at radius 3 is 1.20 bits per heavy atom. The summed E-state index contributed by atoms with van der Waals surface area (Å²) in [6.07, 6.45) is 5.08. The Bertz CT molecular complexity index is 230. The third-order valence-electron chi connectivity index (χ3n) is 5.44. The third-order valence-corrected chi connectivity index (χ3v) is 5.44. The second-order valence-corrected chi connectivity index (χ2v) is 5.00. The van der Waals surface area contributed by atoms with Crippen molar-refractivity contribution in [2.75, 3.05) is 0 Å². The van der Waals surface area contributed by atoms with Crippen molar-refractivity contribution in [2.45, 2.75) is 0 Å². The van der Waals surface area contributed by atoms with Gasteiger partial charge in [0.15, 0.2) is 0 Å². The highest BCUT2D eigenvalue weighted by Gasteiger charge is 2.86. The second-order valence-electron chi connectivity index (χ2n) is 5.00. The fraction of sp³-hybridized carbons (Fsp3) is 0.800. The van der Waals surface area contributed by atoms with Crippen LogP contribution in [0.2, 0.25) is 0 Å². The van der Waals surface area contributed by atoms with E-state index in [4.69, 9.17) is 0 Å². The molecule has 0 nitrogen and oxygen atoms in total. The molecule has 6 rings (SSSR count). The molecule has 0 saturated heterocycles. The molecule has 0 spiro atoms. The van der Waals surface area contributed by atoms with E-state index in [0.29, 0.717) is 0 Å². The second kappa shape index (κ2) is 0.790. The molecule has 0 atom stereocenters. The molecular weight excluding hydrogens is 120 g/mol. The van der Waals surface area contributed by atoms with Crippen LogP contribution in [-0.2, 0) is 0 Å². The zero-order chi connectivity index (χ0) is 6.03. The van der Waals surface area contributed by atoms with Gasteiger partial charge in [0, 0.05) is 0 Å². The van der Waals surface area contributed by atoms with Gasteiger partial charge in [-0.3, -0.25) is 0 Å². The van der Waals surface area contributed by atoms with Crippen LogP contribution in [0.1, 0.15) is 0 Å². The van der Waals surface area contributed by atoms with Crippen LogP contribution in [0.3, 0.4) is 0 Å². The van der Waals surface area contributed by atoms with Crippen LogP contribution in [0.5, 0.6) is 0 Å². The Kier molecular flexibility index (Phi) is 0.311. The third kappa shape index (κ3) is 0.148. The van der Waals surface area contributed by atoms with Gasteiger partial charge in [-0.15, -0.1) is 0 Å².